The lowest BCUT2D eigenvalue weighted by Crippen LogP contribution is -2.45. The van der Waals surface area contributed by atoms with Crippen LogP contribution in [0.15, 0.2) is 113 Å². The molecule has 0 spiro atoms. The molecule has 192 valence electrons. The van der Waals surface area contributed by atoms with Crippen LogP contribution >= 0.6 is 0 Å². The van der Waals surface area contributed by atoms with Gasteiger partial charge in [0.15, 0.2) is 0 Å². The van der Waals surface area contributed by atoms with Crippen molar-refractivity contribution in [3.8, 4) is 28.2 Å². The molecular formula is C32H27N5O2. The van der Waals surface area contributed by atoms with E-state index in [2.05, 4.69) is 11.7 Å². The van der Waals surface area contributed by atoms with E-state index in [9.17, 15) is 9.59 Å². The molecule has 5 aromatic rings. The SMILES string of the molecule is C=C(C)C1(n2[nH]c(=O)n(-c3ccccc3)c2=O)[C@@H]2CC[C@H]1c1c(-c3ccccc3)nnc(-c3ccccc3)c12. The smallest absolute Gasteiger partial charge is 0.246 e. The summed E-state index contributed by atoms with van der Waals surface area (Å²) < 4.78 is 2.76. The highest BCUT2D eigenvalue weighted by molar-refractivity contribution is 5.76. The van der Waals surface area contributed by atoms with E-state index in [0.717, 1.165) is 52.1 Å². The molecule has 1 N–H and O–H groups in total. The standard InChI is InChI=1S/C32H27N5O2/c1-20(2)32(37-31(39)36(30(38)35-37)23-16-10-5-11-17-23)24-18-19-25(32)27-26(24)28(21-12-6-3-7-13-21)33-34-29(27)22-14-8-4-9-15-22/h3-17,24-25H,1,18-19H2,2H3,(H,35,38)/t24-,25+,32?. The highest BCUT2D eigenvalue weighted by Gasteiger charge is 2.62. The molecule has 7 rings (SSSR count). The summed E-state index contributed by atoms with van der Waals surface area (Å²) in [5.74, 6) is -0.216. The molecule has 0 aliphatic heterocycles. The Bertz CT molecular complexity index is 1760. The van der Waals surface area contributed by atoms with Gasteiger partial charge in [-0.3, -0.25) is 0 Å². The molecule has 2 heterocycles. The van der Waals surface area contributed by atoms with Crippen molar-refractivity contribution in [1.82, 2.24) is 24.5 Å². The topological polar surface area (TPSA) is 85.6 Å². The summed E-state index contributed by atoms with van der Waals surface area (Å²) in [6, 6.07) is 29.1. The van der Waals surface area contributed by atoms with Gasteiger partial charge in [0.25, 0.3) is 0 Å². The maximum absolute atomic E-state index is 14.1. The summed E-state index contributed by atoms with van der Waals surface area (Å²) in [4.78, 5) is 27.4. The Hall–Kier alpha value is -4.78. The molecule has 7 nitrogen and oxygen atoms in total. The van der Waals surface area contributed by atoms with E-state index in [1.165, 1.54) is 4.57 Å². The van der Waals surface area contributed by atoms with E-state index in [1.54, 1.807) is 16.8 Å². The Balaban J connectivity index is 1.53. The molecule has 2 aliphatic carbocycles. The van der Waals surface area contributed by atoms with E-state index in [1.807, 2.05) is 85.8 Å². The molecule has 3 aromatic carbocycles. The zero-order valence-electron chi connectivity index (χ0n) is 21.5. The molecule has 0 radical (unpaired) electrons. The lowest BCUT2D eigenvalue weighted by molar-refractivity contribution is 0.269. The van der Waals surface area contributed by atoms with Gasteiger partial charge in [0.2, 0.25) is 0 Å². The summed E-state index contributed by atoms with van der Waals surface area (Å²) in [7, 11) is 0. The molecule has 2 aromatic heterocycles. The van der Waals surface area contributed by atoms with E-state index in [4.69, 9.17) is 10.2 Å². The molecule has 39 heavy (non-hydrogen) atoms. The van der Waals surface area contributed by atoms with E-state index >= 15 is 0 Å². The van der Waals surface area contributed by atoms with Crippen LogP contribution in [0.25, 0.3) is 28.2 Å². The van der Waals surface area contributed by atoms with Crippen LogP contribution in [0.2, 0.25) is 0 Å². The Morgan fingerprint density at radius 3 is 1.72 bits per heavy atom. The number of benzene rings is 3. The van der Waals surface area contributed by atoms with Crippen molar-refractivity contribution in [3.05, 3.63) is 135 Å². The lowest BCUT2D eigenvalue weighted by Gasteiger charge is -2.35. The van der Waals surface area contributed by atoms with Gasteiger partial charge in [-0.05, 0) is 43.0 Å². The normalized spacial score (nSPS) is 21.2. The number of hydrogen-bond donors (Lipinski definition) is 1. The second kappa shape index (κ2) is 8.63. The zero-order chi connectivity index (χ0) is 26.7. The molecule has 2 aliphatic rings. The Morgan fingerprint density at radius 2 is 1.26 bits per heavy atom. The fourth-order valence-electron chi connectivity index (χ4n) is 7.07. The number of para-hydroxylation sites is 1. The first-order chi connectivity index (χ1) is 19.0. The van der Waals surface area contributed by atoms with Crippen molar-refractivity contribution in [2.24, 2.45) is 0 Å². The van der Waals surface area contributed by atoms with Crippen LogP contribution in [-0.4, -0.2) is 24.5 Å². The third-order valence-corrected chi connectivity index (χ3v) is 8.51. The van der Waals surface area contributed by atoms with Gasteiger partial charge in [0.1, 0.15) is 5.54 Å². The summed E-state index contributed by atoms with van der Waals surface area (Å²) in [5, 5.41) is 12.5. The molecule has 7 heteroatoms. The molecular weight excluding hydrogens is 486 g/mol. The first kappa shape index (κ1) is 23.3. The zero-order valence-corrected chi connectivity index (χ0v) is 21.5. The fourth-order valence-corrected chi connectivity index (χ4v) is 7.07. The number of fused-ring (bicyclic) bond motifs is 5. The minimum absolute atomic E-state index is 0.108. The largest absolute Gasteiger partial charge is 0.352 e. The van der Waals surface area contributed by atoms with Crippen LogP contribution in [0.1, 0.15) is 42.7 Å². The van der Waals surface area contributed by atoms with Crippen molar-refractivity contribution in [2.75, 3.05) is 0 Å². The Kier molecular flexibility index (Phi) is 5.17. The number of rotatable bonds is 5. The predicted molar refractivity (Wildman–Crippen MR) is 151 cm³/mol. The number of aromatic amines is 1. The first-order valence-electron chi connectivity index (χ1n) is 13.2. The van der Waals surface area contributed by atoms with Crippen LogP contribution < -0.4 is 11.4 Å². The highest BCUT2D eigenvalue weighted by atomic mass is 16.2. The Morgan fingerprint density at radius 1 is 0.795 bits per heavy atom. The van der Waals surface area contributed by atoms with Crippen LogP contribution in [0.3, 0.4) is 0 Å². The summed E-state index contributed by atoms with van der Waals surface area (Å²) in [6.07, 6.45) is 1.69. The monoisotopic (exact) mass is 513 g/mol. The molecule has 1 saturated carbocycles. The predicted octanol–water partition coefficient (Wildman–Crippen LogP) is 5.40. The van der Waals surface area contributed by atoms with Crippen molar-refractivity contribution in [1.29, 1.82) is 0 Å². The maximum Gasteiger partial charge on any atom is 0.352 e. The second-order valence-electron chi connectivity index (χ2n) is 10.5. The van der Waals surface area contributed by atoms with Crippen molar-refractivity contribution < 1.29 is 0 Å². The number of nitrogens with one attached hydrogen (secondary N) is 1. The lowest BCUT2D eigenvalue weighted by atomic mass is 9.79. The molecule has 0 saturated heterocycles. The third kappa shape index (κ3) is 3.16. The molecule has 0 amide bonds. The Labute approximate surface area is 225 Å². The number of hydrogen-bond acceptors (Lipinski definition) is 4. The van der Waals surface area contributed by atoms with Gasteiger partial charge in [-0.15, -0.1) is 10.2 Å². The van der Waals surface area contributed by atoms with Gasteiger partial charge >= 0.3 is 11.4 Å². The van der Waals surface area contributed by atoms with Crippen LogP contribution in [0.5, 0.6) is 0 Å². The molecule has 1 fully saturated rings. The minimum atomic E-state index is -0.851. The summed E-state index contributed by atoms with van der Waals surface area (Å²) in [5.41, 5.74) is 5.42. The number of nitrogens with zero attached hydrogens (tertiary/aromatic N) is 4. The second-order valence-corrected chi connectivity index (χ2v) is 10.5. The van der Waals surface area contributed by atoms with Gasteiger partial charge in [-0.2, -0.15) is 0 Å². The van der Waals surface area contributed by atoms with Crippen molar-refractivity contribution in [3.63, 3.8) is 0 Å². The number of H-pyrrole nitrogens is 1. The van der Waals surface area contributed by atoms with E-state index < -0.39 is 16.9 Å². The summed E-state index contributed by atoms with van der Waals surface area (Å²) >= 11 is 0. The summed E-state index contributed by atoms with van der Waals surface area (Å²) in [6.45, 7) is 6.40. The molecule has 3 atom stereocenters. The quantitative estimate of drug-likeness (QED) is 0.319. The third-order valence-electron chi connectivity index (χ3n) is 8.51. The van der Waals surface area contributed by atoms with Crippen LogP contribution in [0, 0.1) is 0 Å². The van der Waals surface area contributed by atoms with Crippen LogP contribution in [-0.2, 0) is 5.54 Å². The highest BCUT2D eigenvalue weighted by Crippen LogP contribution is 2.67. The first-order valence-corrected chi connectivity index (χ1v) is 13.2. The van der Waals surface area contributed by atoms with Crippen molar-refractivity contribution >= 4 is 0 Å². The molecule has 1 unspecified atom stereocenters. The fraction of sp³-hybridized carbons (Fsp3) is 0.188. The van der Waals surface area contributed by atoms with Gasteiger partial charge in [-0.1, -0.05) is 91.0 Å². The average Bonchev–Trinajstić information content (AvgIpc) is 3.60. The number of allylic oxidation sites excluding steroid dienone is 1. The van der Waals surface area contributed by atoms with E-state index in [-0.39, 0.29) is 11.8 Å². The van der Waals surface area contributed by atoms with Crippen molar-refractivity contribution in [2.45, 2.75) is 37.1 Å². The van der Waals surface area contributed by atoms with Gasteiger partial charge < -0.3 is 0 Å². The number of aromatic nitrogens is 5. The van der Waals surface area contributed by atoms with Gasteiger partial charge in [0.05, 0.1) is 17.1 Å². The van der Waals surface area contributed by atoms with Gasteiger partial charge in [0, 0.05) is 23.0 Å². The van der Waals surface area contributed by atoms with E-state index in [0.29, 0.717) is 5.69 Å². The molecule has 2 bridgehead atoms. The van der Waals surface area contributed by atoms with Gasteiger partial charge in [-0.25, -0.2) is 23.9 Å². The minimum Gasteiger partial charge on any atom is -0.246 e. The van der Waals surface area contributed by atoms with Crippen LogP contribution in [0.4, 0.5) is 0 Å². The maximum atomic E-state index is 14.1. The average molecular weight is 514 g/mol.